The number of nitrogens with zero attached hydrogens (tertiary/aromatic N) is 3. The van der Waals surface area contributed by atoms with Gasteiger partial charge in [-0.15, -0.1) is 0 Å². The third kappa shape index (κ3) is 2.17. The Morgan fingerprint density at radius 2 is 2.25 bits per heavy atom. The third-order valence-corrected chi connectivity index (χ3v) is 1.39. The number of ether oxygens (including phenoxy) is 1. The second kappa shape index (κ2) is 4.01. The molecule has 0 aromatic carbocycles. The first kappa shape index (κ1) is 8.93. The van der Waals surface area contributed by atoms with Crippen LogP contribution in [-0.2, 0) is 11.3 Å². The van der Waals surface area contributed by atoms with Gasteiger partial charge in [0.1, 0.15) is 0 Å². The molecular formula is C8H13N3O. The molecule has 0 fully saturated rings. The van der Waals surface area contributed by atoms with Crippen molar-refractivity contribution >= 4 is 5.95 Å². The number of anilines is 1. The molecule has 0 amide bonds. The monoisotopic (exact) mass is 167 g/mol. The summed E-state index contributed by atoms with van der Waals surface area (Å²) >= 11 is 0. The van der Waals surface area contributed by atoms with Crippen molar-refractivity contribution in [2.75, 3.05) is 26.1 Å². The Morgan fingerprint density at radius 1 is 1.50 bits per heavy atom. The molecule has 0 spiro atoms. The number of rotatable bonds is 3. The lowest BCUT2D eigenvalue weighted by molar-refractivity contribution is 0.181. The van der Waals surface area contributed by atoms with E-state index in [1.165, 1.54) is 0 Å². The molecule has 0 aliphatic heterocycles. The summed E-state index contributed by atoms with van der Waals surface area (Å²) in [5.41, 5.74) is 0.899. The predicted octanol–water partition coefficient (Wildman–Crippen LogP) is 0.689. The molecule has 0 saturated heterocycles. The van der Waals surface area contributed by atoms with Crippen LogP contribution < -0.4 is 4.90 Å². The zero-order valence-electron chi connectivity index (χ0n) is 7.61. The number of methoxy groups -OCH3 is 1. The van der Waals surface area contributed by atoms with Gasteiger partial charge in [-0.05, 0) is 6.07 Å². The topological polar surface area (TPSA) is 38.2 Å². The Hall–Kier alpha value is -1.16. The van der Waals surface area contributed by atoms with E-state index in [1.807, 2.05) is 25.1 Å². The van der Waals surface area contributed by atoms with E-state index in [0.29, 0.717) is 12.6 Å². The van der Waals surface area contributed by atoms with Crippen LogP contribution in [0.3, 0.4) is 0 Å². The van der Waals surface area contributed by atoms with Gasteiger partial charge in [-0.1, -0.05) is 0 Å². The lowest BCUT2D eigenvalue weighted by atomic mass is 10.4. The van der Waals surface area contributed by atoms with Gasteiger partial charge in [0.25, 0.3) is 0 Å². The Bertz CT molecular complexity index is 250. The van der Waals surface area contributed by atoms with E-state index in [9.17, 15) is 0 Å². The van der Waals surface area contributed by atoms with Crippen LogP contribution in [0, 0.1) is 0 Å². The van der Waals surface area contributed by atoms with Crippen molar-refractivity contribution in [2.24, 2.45) is 0 Å². The van der Waals surface area contributed by atoms with Gasteiger partial charge < -0.3 is 9.64 Å². The highest BCUT2D eigenvalue weighted by Gasteiger charge is 1.99. The van der Waals surface area contributed by atoms with Crippen LogP contribution in [0.2, 0.25) is 0 Å². The summed E-state index contributed by atoms with van der Waals surface area (Å²) in [5.74, 6) is 0.713. The molecule has 1 aromatic rings. The highest BCUT2D eigenvalue weighted by atomic mass is 16.5. The fourth-order valence-electron chi connectivity index (χ4n) is 0.828. The zero-order valence-corrected chi connectivity index (χ0v) is 7.61. The molecule has 66 valence electrons. The Kier molecular flexibility index (Phi) is 2.99. The Morgan fingerprint density at radius 3 is 2.83 bits per heavy atom. The smallest absolute Gasteiger partial charge is 0.225 e. The summed E-state index contributed by atoms with van der Waals surface area (Å²) in [6.45, 7) is 0.531. The van der Waals surface area contributed by atoms with Crippen LogP contribution in [0.5, 0.6) is 0 Å². The van der Waals surface area contributed by atoms with Gasteiger partial charge in [0.2, 0.25) is 5.95 Å². The normalized spacial score (nSPS) is 9.92. The van der Waals surface area contributed by atoms with Gasteiger partial charge in [0.15, 0.2) is 0 Å². The SMILES string of the molecule is COCc1ccnc(N(C)C)n1. The summed E-state index contributed by atoms with van der Waals surface area (Å²) in [6.07, 6.45) is 1.73. The molecule has 4 heteroatoms. The highest BCUT2D eigenvalue weighted by molar-refractivity contribution is 5.26. The molecule has 0 saturated carbocycles. The van der Waals surface area contributed by atoms with Crippen LogP contribution in [0.4, 0.5) is 5.95 Å². The second-order valence-corrected chi connectivity index (χ2v) is 2.68. The summed E-state index contributed by atoms with van der Waals surface area (Å²) in [6, 6.07) is 1.84. The molecule has 12 heavy (non-hydrogen) atoms. The fourth-order valence-corrected chi connectivity index (χ4v) is 0.828. The van der Waals surface area contributed by atoms with Crippen molar-refractivity contribution in [1.82, 2.24) is 9.97 Å². The van der Waals surface area contributed by atoms with Gasteiger partial charge in [0, 0.05) is 27.4 Å². The molecule has 0 radical (unpaired) electrons. The van der Waals surface area contributed by atoms with E-state index in [-0.39, 0.29) is 0 Å². The lowest BCUT2D eigenvalue weighted by Crippen LogP contribution is -2.13. The molecule has 0 bridgehead atoms. The van der Waals surface area contributed by atoms with E-state index >= 15 is 0 Å². The van der Waals surface area contributed by atoms with Crippen molar-refractivity contribution in [1.29, 1.82) is 0 Å². The zero-order chi connectivity index (χ0) is 8.97. The Balaban J connectivity index is 2.81. The van der Waals surface area contributed by atoms with Gasteiger partial charge in [-0.2, -0.15) is 0 Å². The summed E-state index contributed by atoms with van der Waals surface area (Å²) < 4.78 is 4.95. The van der Waals surface area contributed by atoms with Crippen LogP contribution in [0.25, 0.3) is 0 Å². The number of aromatic nitrogens is 2. The van der Waals surface area contributed by atoms with Crippen molar-refractivity contribution in [2.45, 2.75) is 6.61 Å². The number of hydrogen-bond donors (Lipinski definition) is 0. The van der Waals surface area contributed by atoms with E-state index < -0.39 is 0 Å². The van der Waals surface area contributed by atoms with Crippen molar-refractivity contribution in [3.63, 3.8) is 0 Å². The summed E-state index contributed by atoms with van der Waals surface area (Å²) in [4.78, 5) is 10.2. The molecule has 0 unspecified atom stereocenters. The van der Waals surface area contributed by atoms with Gasteiger partial charge >= 0.3 is 0 Å². The molecule has 4 nitrogen and oxygen atoms in total. The fraction of sp³-hybridized carbons (Fsp3) is 0.500. The van der Waals surface area contributed by atoms with Crippen LogP contribution in [0.15, 0.2) is 12.3 Å². The van der Waals surface area contributed by atoms with E-state index in [2.05, 4.69) is 9.97 Å². The maximum absolute atomic E-state index is 4.95. The molecule has 1 heterocycles. The largest absolute Gasteiger partial charge is 0.378 e. The molecule has 0 aliphatic rings. The molecule has 0 aliphatic carbocycles. The van der Waals surface area contributed by atoms with Crippen molar-refractivity contribution < 1.29 is 4.74 Å². The lowest BCUT2D eigenvalue weighted by Gasteiger charge is -2.09. The second-order valence-electron chi connectivity index (χ2n) is 2.68. The van der Waals surface area contributed by atoms with E-state index in [4.69, 9.17) is 4.74 Å². The first-order chi connectivity index (χ1) is 5.74. The maximum Gasteiger partial charge on any atom is 0.225 e. The van der Waals surface area contributed by atoms with E-state index in [0.717, 1.165) is 5.69 Å². The van der Waals surface area contributed by atoms with Gasteiger partial charge in [0.05, 0.1) is 12.3 Å². The quantitative estimate of drug-likeness (QED) is 0.664. The molecule has 1 rings (SSSR count). The first-order valence-electron chi connectivity index (χ1n) is 3.72. The Labute approximate surface area is 72.2 Å². The van der Waals surface area contributed by atoms with Crippen molar-refractivity contribution in [3.05, 3.63) is 18.0 Å². The van der Waals surface area contributed by atoms with Crippen LogP contribution in [0.1, 0.15) is 5.69 Å². The standard InChI is InChI=1S/C8H13N3O/c1-11(2)8-9-5-4-7(10-8)6-12-3/h4-5H,6H2,1-3H3. The number of hydrogen-bond acceptors (Lipinski definition) is 4. The third-order valence-electron chi connectivity index (χ3n) is 1.39. The minimum Gasteiger partial charge on any atom is -0.378 e. The molecular weight excluding hydrogens is 154 g/mol. The first-order valence-corrected chi connectivity index (χ1v) is 3.72. The minimum absolute atomic E-state index is 0.531. The summed E-state index contributed by atoms with van der Waals surface area (Å²) in [5, 5.41) is 0. The predicted molar refractivity (Wildman–Crippen MR) is 47.1 cm³/mol. The van der Waals surface area contributed by atoms with Gasteiger partial charge in [-0.3, -0.25) is 0 Å². The summed E-state index contributed by atoms with van der Waals surface area (Å²) in [7, 11) is 5.47. The highest BCUT2D eigenvalue weighted by Crippen LogP contribution is 2.03. The van der Waals surface area contributed by atoms with Gasteiger partial charge in [-0.25, -0.2) is 9.97 Å². The van der Waals surface area contributed by atoms with Crippen LogP contribution >= 0.6 is 0 Å². The minimum atomic E-state index is 0.531. The van der Waals surface area contributed by atoms with Crippen LogP contribution in [-0.4, -0.2) is 31.2 Å². The average molecular weight is 167 g/mol. The molecule has 1 aromatic heterocycles. The van der Waals surface area contributed by atoms with E-state index in [1.54, 1.807) is 13.3 Å². The average Bonchev–Trinajstić information content (AvgIpc) is 2.05. The maximum atomic E-state index is 4.95. The molecule has 0 N–H and O–H groups in total. The molecule has 0 atom stereocenters. The van der Waals surface area contributed by atoms with Crippen molar-refractivity contribution in [3.8, 4) is 0 Å².